The molecule has 3 aromatic rings. The molecule has 0 aliphatic rings. The van der Waals surface area contributed by atoms with Crippen molar-refractivity contribution >= 4 is 34.2 Å². The van der Waals surface area contributed by atoms with Gasteiger partial charge in [0.05, 0.1) is 17.5 Å². The highest BCUT2D eigenvalue weighted by Crippen LogP contribution is 2.38. The van der Waals surface area contributed by atoms with Crippen LogP contribution in [0.2, 0.25) is 10.0 Å². The summed E-state index contributed by atoms with van der Waals surface area (Å²) in [4.78, 5) is 12.2. The van der Waals surface area contributed by atoms with Crippen molar-refractivity contribution in [3.05, 3.63) is 56.7 Å². The first-order valence-electron chi connectivity index (χ1n) is 6.30. The van der Waals surface area contributed by atoms with Gasteiger partial charge in [0.2, 0.25) is 0 Å². The normalized spacial score (nSPS) is 10.9. The van der Waals surface area contributed by atoms with Gasteiger partial charge < -0.3 is 14.3 Å². The van der Waals surface area contributed by atoms with E-state index >= 15 is 0 Å². The highest BCUT2D eigenvalue weighted by Gasteiger charge is 2.16. The van der Waals surface area contributed by atoms with E-state index in [9.17, 15) is 9.90 Å². The van der Waals surface area contributed by atoms with Crippen LogP contribution in [0.15, 0.2) is 45.6 Å². The molecule has 1 aromatic heterocycles. The van der Waals surface area contributed by atoms with Crippen LogP contribution in [0.1, 0.15) is 0 Å². The number of halogens is 2. The molecule has 4 nitrogen and oxygen atoms in total. The van der Waals surface area contributed by atoms with E-state index in [0.29, 0.717) is 17.1 Å². The Bertz CT molecular complexity index is 914. The number of rotatable bonds is 2. The molecule has 0 spiro atoms. The molecule has 0 unspecified atom stereocenters. The van der Waals surface area contributed by atoms with Gasteiger partial charge in [0.1, 0.15) is 16.5 Å². The van der Waals surface area contributed by atoms with Crippen LogP contribution in [0, 0.1) is 0 Å². The Labute approximate surface area is 135 Å². The Morgan fingerprint density at radius 2 is 1.82 bits per heavy atom. The number of methoxy groups -OCH3 is 1. The lowest BCUT2D eigenvalue weighted by Gasteiger charge is -2.07. The predicted octanol–water partition coefficient (Wildman–Crippen LogP) is 4.48. The van der Waals surface area contributed by atoms with Crippen LogP contribution in [0.25, 0.3) is 22.3 Å². The van der Waals surface area contributed by atoms with Crippen molar-refractivity contribution < 1.29 is 14.3 Å². The van der Waals surface area contributed by atoms with E-state index in [1.165, 1.54) is 12.1 Å². The zero-order chi connectivity index (χ0) is 15.9. The van der Waals surface area contributed by atoms with Crippen LogP contribution < -0.4 is 10.2 Å². The van der Waals surface area contributed by atoms with Gasteiger partial charge in [-0.05, 0) is 30.3 Å². The number of phenols is 1. The number of phenolic OH excluding ortho intramolecular Hbond substituents is 1. The molecule has 112 valence electrons. The van der Waals surface area contributed by atoms with E-state index in [4.69, 9.17) is 32.4 Å². The molecule has 0 saturated heterocycles. The second-order valence-corrected chi connectivity index (χ2v) is 5.39. The Morgan fingerprint density at radius 3 is 2.45 bits per heavy atom. The van der Waals surface area contributed by atoms with Crippen molar-refractivity contribution in [3.63, 3.8) is 0 Å². The molecule has 0 aliphatic heterocycles. The van der Waals surface area contributed by atoms with Crippen LogP contribution >= 0.6 is 23.2 Å². The number of ether oxygens (including phenoxy) is 1. The number of aromatic hydroxyl groups is 1. The molecule has 22 heavy (non-hydrogen) atoms. The van der Waals surface area contributed by atoms with Gasteiger partial charge in [0, 0.05) is 11.6 Å². The second kappa shape index (κ2) is 5.55. The molecule has 0 atom stereocenters. The van der Waals surface area contributed by atoms with Crippen LogP contribution in [0.3, 0.4) is 0 Å². The molecule has 0 saturated carbocycles. The average molecular weight is 337 g/mol. The molecule has 1 N–H and O–H groups in total. The molecule has 6 heteroatoms. The van der Waals surface area contributed by atoms with Crippen molar-refractivity contribution in [2.24, 2.45) is 0 Å². The Kier molecular flexibility index (Phi) is 3.72. The first kappa shape index (κ1) is 14.8. The number of benzene rings is 2. The van der Waals surface area contributed by atoms with Crippen molar-refractivity contribution in [1.82, 2.24) is 0 Å². The Morgan fingerprint density at radius 1 is 1.14 bits per heavy atom. The summed E-state index contributed by atoms with van der Waals surface area (Å²) >= 11 is 11.8. The molecular weight excluding hydrogens is 327 g/mol. The molecule has 2 aromatic carbocycles. The third-order valence-corrected chi connectivity index (χ3v) is 3.90. The lowest BCUT2D eigenvalue weighted by atomic mass is 10.1. The fourth-order valence-corrected chi connectivity index (χ4v) is 2.60. The molecule has 1 heterocycles. The van der Waals surface area contributed by atoms with Crippen LogP contribution in [-0.4, -0.2) is 12.2 Å². The smallest absolute Gasteiger partial charge is 0.193 e. The van der Waals surface area contributed by atoms with Crippen LogP contribution in [0.5, 0.6) is 11.5 Å². The van der Waals surface area contributed by atoms with E-state index in [1.807, 2.05) is 0 Å². The lowest BCUT2D eigenvalue weighted by molar-refractivity contribution is 0.415. The average Bonchev–Trinajstić information content (AvgIpc) is 2.54. The zero-order valence-corrected chi connectivity index (χ0v) is 12.9. The Balaban J connectivity index is 2.25. The van der Waals surface area contributed by atoms with Crippen LogP contribution in [0.4, 0.5) is 0 Å². The largest absolute Gasteiger partial charge is 0.505 e. The quantitative estimate of drug-likeness (QED) is 0.749. The van der Waals surface area contributed by atoms with Gasteiger partial charge in [-0.2, -0.15) is 0 Å². The van der Waals surface area contributed by atoms with Crippen LogP contribution in [-0.2, 0) is 0 Å². The summed E-state index contributed by atoms with van der Waals surface area (Å²) in [7, 11) is 1.57. The lowest BCUT2D eigenvalue weighted by Crippen LogP contribution is -2.01. The standard InChI is InChI=1S/C16H10Cl2O4/c1-21-9-4-2-8(3-5-9)13-7-12(19)10-6-11(17)15(20)14(18)16(10)22-13/h2-7,20H,1H3. The van der Waals surface area contributed by atoms with E-state index < -0.39 is 0 Å². The zero-order valence-electron chi connectivity index (χ0n) is 11.4. The van der Waals surface area contributed by atoms with Crippen molar-refractivity contribution in [1.29, 1.82) is 0 Å². The second-order valence-electron chi connectivity index (χ2n) is 4.60. The van der Waals surface area contributed by atoms with Gasteiger partial charge in [-0.15, -0.1) is 0 Å². The third kappa shape index (κ3) is 2.40. The summed E-state index contributed by atoms with van der Waals surface area (Å²) in [5, 5.41) is 9.91. The summed E-state index contributed by atoms with van der Waals surface area (Å²) in [6.45, 7) is 0. The maximum absolute atomic E-state index is 12.2. The third-order valence-electron chi connectivity index (χ3n) is 3.26. The molecule has 0 fully saturated rings. The number of hydrogen-bond acceptors (Lipinski definition) is 4. The summed E-state index contributed by atoms with van der Waals surface area (Å²) < 4.78 is 10.8. The van der Waals surface area contributed by atoms with E-state index in [1.54, 1.807) is 31.4 Å². The summed E-state index contributed by atoms with van der Waals surface area (Å²) in [5.74, 6) is 0.712. The maximum atomic E-state index is 12.2. The van der Waals surface area contributed by atoms with E-state index in [2.05, 4.69) is 0 Å². The van der Waals surface area contributed by atoms with Gasteiger partial charge in [0.25, 0.3) is 0 Å². The highest BCUT2D eigenvalue weighted by atomic mass is 35.5. The van der Waals surface area contributed by atoms with Gasteiger partial charge in [0.15, 0.2) is 16.8 Å². The van der Waals surface area contributed by atoms with Gasteiger partial charge in [-0.25, -0.2) is 0 Å². The minimum atomic E-state index is -0.314. The molecule has 3 rings (SSSR count). The van der Waals surface area contributed by atoms with E-state index in [-0.39, 0.29) is 32.2 Å². The van der Waals surface area contributed by atoms with Crippen molar-refractivity contribution in [2.45, 2.75) is 0 Å². The number of fused-ring (bicyclic) bond motifs is 1. The molecule has 0 bridgehead atoms. The topological polar surface area (TPSA) is 59.7 Å². The molecule has 0 aliphatic carbocycles. The maximum Gasteiger partial charge on any atom is 0.193 e. The van der Waals surface area contributed by atoms with Crippen molar-refractivity contribution in [2.75, 3.05) is 7.11 Å². The Hall–Kier alpha value is -2.17. The minimum Gasteiger partial charge on any atom is -0.505 e. The molecule has 0 radical (unpaired) electrons. The van der Waals surface area contributed by atoms with E-state index in [0.717, 1.165) is 0 Å². The predicted molar refractivity (Wildman–Crippen MR) is 86.2 cm³/mol. The number of hydrogen-bond donors (Lipinski definition) is 1. The SMILES string of the molecule is COc1ccc(-c2cc(=O)c3cc(Cl)c(O)c(Cl)c3o2)cc1. The fourth-order valence-electron chi connectivity index (χ4n) is 2.11. The van der Waals surface area contributed by atoms with Gasteiger partial charge in [-0.3, -0.25) is 4.79 Å². The monoisotopic (exact) mass is 336 g/mol. The minimum absolute atomic E-state index is 0.00185. The van der Waals surface area contributed by atoms with Gasteiger partial charge in [-0.1, -0.05) is 23.2 Å². The molecule has 0 amide bonds. The van der Waals surface area contributed by atoms with Crippen molar-refractivity contribution in [3.8, 4) is 22.8 Å². The first-order chi connectivity index (χ1) is 10.5. The molecular formula is C16H10Cl2O4. The summed E-state index contributed by atoms with van der Waals surface area (Å²) in [6, 6.07) is 9.70. The first-order valence-corrected chi connectivity index (χ1v) is 7.06. The van der Waals surface area contributed by atoms with Gasteiger partial charge >= 0.3 is 0 Å². The summed E-state index contributed by atoms with van der Waals surface area (Å²) in [5.41, 5.74) is 0.489. The summed E-state index contributed by atoms with van der Waals surface area (Å²) in [6.07, 6.45) is 0. The fraction of sp³-hybridized carbons (Fsp3) is 0.0625. The highest BCUT2D eigenvalue weighted by molar-refractivity contribution is 6.40.